The number of anilines is 1. The van der Waals surface area contributed by atoms with Gasteiger partial charge >= 0.3 is 0 Å². The predicted octanol–water partition coefficient (Wildman–Crippen LogP) is 2.94. The number of hydrogen-bond donors (Lipinski definition) is 2. The summed E-state index contributed by atoms with van der Waals surface area (Å²) in [6.07, 6.45) is 0. The third-order valence-electron chi connectivity index (χ3n) is 2.64. The Labute approximate surface area is 105 Å². The van der Waals surface area contributed by atoms with Crippen molar-refractivity contribution in [1.82, 2.24) is 9.97 Å². The number of aryl methyl sites for hydroxylation is 2. The first-order valence-corrected chi connectivity index (χ1v) is 5.57. The molecule has 90 valence electrons. The van der Waals surface area contributed by atoms with Gasteiger partial charge in [-0.25, -0.2) is 4.98 Å². The van der Waals surface area contributed by atoms with Crippen molar-refractivity contribution in [3.8, 4) is 17.0 Å². The van der Waals surface area contributed by atoms with Gasteiger partial charge < -0.3 is 15.5 Å². The van der Waals surface area contributed by atoms with Crippen LogP contribution < -0.4 is 10.5 Å². The van der Waals surface area contributed by atoms with E-state index in [4.69, 9.17) is 22.1 Å². The molecule has 4 nitrogen and oxygen atoms in total. The highest BCUT2D eigenvalue weighted by atomic mass is 35.5. The van der Waals surface area contributed by atoms with Crippen LogP contribution in [0.2, 0.25) is 5.02 Å². The average molecular weight is 252 g/mol. The molecule has 2 rings (SSSR count). The van der Waals surface area contributed by atoms with E-state index in [9.17, 15) is 0 Å². The molecule has 3 N–H and O–H groups in total. The standard InChI is InChI=1S/C12H14ClN3O/c1-6-4-10(17-3)8(5-9(6)13)11-7(2)15-12(14)16-11/h4-5H,1-3H3,(H3,14,15,16). The van der Waals surface area contributed by atoms with Crippen LogP contribution >= 0.6 is 11.6 Å². The minimum Gasteiger partial charge on any atom is -0.496 e. The van der Waals surface area contributed by atoms with Crippen LogP contribution in [0.25, 0.3) is 11.3 Å². The van der Waals surface area contributed by atoms with Crippen molar-refractivity contribution in [2.75, 3.05) is 12.8 Å². The van der Waals surface area contributed by atoms with Gasteiger partial charge in [0, 0.05) is 16.3 Å². The molecular weight excluding hydrogens is 238 g/mol. The van der Waals surface area contributed by atoms with E-state index in [0.717, 1.165) is 28.3 Å². The molecule has 0 aliphatic rings. The van der Waals surface area contributed by atoms with E-state index < -0.39 is 0 Å². The monoisotopic (exact) mass is 251 g/mol. The minimum absolute atomic E-state index is 0.385. The number of aromatic nitrogens is 2. The maximum Gasteiger partial charge on any atom is 0.198 e. The summed E-state index contributed by atoms with van der Waals surface area (Å²) in [7, 11) is 1.62. The Hall–Kier alpha value is -1.68. The number of nitrogens with two attached hydrogens (primary N) is 1. The van der Waals surface area contributed by atoms with Crippen molar-refractivity contribution in [2.24, 2.45) is 0 Å². The Bertz CT molecular complexity index is 563. The van der Waals surface area contributed by atoms with Crippen LogP contribution in [-0.2, 0) is 0 Å². The topological polar surface area (TPSA) is 63.9 Å². The fourth-order valence-electron chi connectivity index (χ4n) is 1.75. The van der Waals surface area contributed by atoms with E-state index in [0.29, 0.717) is 11.0 Å². The first kappa shape index (κ1) is 11.8. The van der Waals surface area contributed by atoms with Crippen LogP contribution in [0, 0.1) is 13.8 Å². The quantitative estimate of drug-likeness (QED) is 0.863. The van der Waals surface area contributed by atoms with Gasteiger partial charge in [0.05, 0.1) is 12.8 Å². The molecule has 0 aliphatic heterocycles. The molecule has 0 atom stereocenters. The fraction of sp³-hybridized carbons (Fsp3) is 0.250. The summed E-state index contributed by atoms with van der Waals surface area (Å²) in [6.45, 7) is 3.84. The van der Waals surface area contributed by atoms with Crippen molar-refractivity contribution in [1.29, 1.82) is 0 Å². The molecule has 17 heavy (non-hydrogen) atoms. The maximum absolute atomic E-state index is 6.13. The van der Waals surface area contributed by atoms with E-state index in [-0.39, 0.29) is 0 Å². The summed E-state index contributed by atoms with van der Waals surface area (Å²) in [5.41, 5.74) is 9.10. The number of aromatic amines is 1. The molecule has 2 aromatic rings. The van der Waals surface area contributed by atoms with Gasteiger partial charge in [-0.3, -0.25) is 0 Å². The number of hydrogen-bond acceptors (Lipinski definition) is 3. The van der Waals surface area contributed by atoms with E-state index in [1.54, 1.807) is 7.11 Å². The maximum atomic E-state index is 6.13. The highest BCUT2D eigenvalue weighted by molar-refractivity contribution is 6.31. The Morgan fingerprint density at radius 2 is 2.06 bits per heavy atom. The Balaban J connectivity index is 2.66. The van der Waals surface area contributed by atoms with E-state index in [1.165, 1.54) is 0 Å². The molecule has 1 aromatic heterocycles. The van der Waals surface area contributed by atoms with Gasteiger partial charge in [0.15, 0.2) is 5.95 Å². The molecule has 0 aliphatic carbocycles. The van der Waals surface area contributed by atoms with Gasteiger partial charge in [0.25, 0.3) is 0 Å². The van der Waals surface area contributed by atoms with Crippen molar-refractivity contribution in [2.45, 2.75) is 13.8 Å². The first-order valence-electron chi connectivity index (χ1n) is 5.19. The molecular formula is C12H14ClN3O. The molecule has 0 unspecified atom stereocenters. The summed E-state index contributed by atoms with van der Waals surface area (Å²) >= 11 is 6.13. The second-order valence-corrected chi connectivity index (χ2v) is 4.30. The Morgan fingerprint density at radius 3 is 2.59 bits per heavy atom. The largest absolute Gasteiger partial charge is 0.496 e. The number of nitrogens with zero attached hydrogens (tertiary/aromatic N) is 1. The van der Waals surface area contributed by atoms with Gasteiger partial charge in [-0.2, -0.15) is 0 Å². The Kier molecular flexibility index (Phi) is 2.98. The number of ether oxygens (including phenoxy) is 1. The number of imidazole rings is 1. The highest BCUT2D eigenvalue weighted by Gasteiger charge is 2.14. The predicted molar refractivity (Wildman–Crippen MR) is 69.5 cm³/mol. The number of rotatable bonds is 2. The van der Waals surface area contributed by atoms with Gasteiger partial charge in [-0.15, -0.1) is 0 Å². The fourth-order valence-corrected chi connectivity index (χ4v) is 1.92. The smallest absolute Gasteiger partial charge is 0.198 e. The molecule has 0 bridgehead atoms. The van der Waals surface area contributed by atoms with E-state index in [1.807, 2.05) is 26.0 Å². The number of halogens is 1. The lowest BCUT2D eigenvalue weighted by Gasteiger charge is -2.09. The van der Waals surface area contributed by atoms with Crippen LogP contribution in [0.4, 0.5) is 5.95 Å². The zero-order valence-electron chi connectivity index (χ0n) is 9.97. The third kappa shape index (κ3) is 2.08. The normalized spacial score (nSPS) is 10.6. The SMILES string of the molecule is COc1cc(C)c(Cl)cc1-c1nc(N)[nH]c1C. The molecule has 5 heteroatoms. The Morgan fingerprint density at radius 1 is 1.35 bits per heavy atom. The highest BCUT2D eigenvalue weighted by Crippen LogP contribution is 2.35. The number of benzene rings is 1. The third-order valence-corrected chi connectivity index (χ3v) is 3.05. The second kappa shape index (κ2) is 4.30. The molecule has 0 spiro atoms. The molecule has 0 amide bonds. The van der Waals surface area contributed by atoms with Crippen molar-refractivity contribution in [3.63, 3.8) is 0 Å². The van der Waals surface area contributed by atoms with Crippen molar-refractivity contribution in [3.05, 3.63) is 28.4 Å². The van der Waals surface area contributed by atoms with Crippen LogP contribution in [0.5, 0.6) is 5.75 Å². The van der Waals surface area contributed by atoms with Gasteiger partial charge in [-0.05, 0) is 31.5 Å². The summed E-state index contributed by atoms with van der Waals surface area (Å²) < 4.78 is 5.35. The number of methoxy groups -OCH3 is 1. The molecule has 0 radical (unpaired) electrons. The van der Waals surface area contributed by atoms with Crippen molar-refractivity contribution < 1.29 is 4.74 Å². The zero-order chi connectivity index (χ0) is 12.6. The zero-order valence-corrected chi connectivity index (χ0v) is 10.7. The van der Waals surface area contributed by atoms with Gasteiger partial charge in [0.2, 0.25) is 0 Å². The average Bonchev–Trinajstić information content (AvgIpc) is 2.61. The van der Waals surface area contributed by atoms with E-state index >= 15 is 0 Å². The molecule has 0 fully saturated rings. The molecule has 1 aromatic carbocycles. The lowest BCUT2D eigenvalue weighted by atomic mass is 10.1. The summed E-state index contributed by atoms with van der Waals surface area (Å²) in [4.78, 5) is 7.20. The van der Waals surface area contributed by atoms with Crippen LogP contribution in [-0.4, -0.2) is 17.1 Å². The summed E-state index contributed by atoms with van der Waals surface area (Å²) in [5, 5.41) is 0.682. The van der Waals surface area contributed by atoms with Gasteiger partial charge in [0.1, 0.15) is 5.75 Å². The van der Waals surface area contributed by atoms with Crippen LogP contribution in [0.1, 0.15) is 11.3 Å². The van der Waals surface area contributed by atoms with Crippen LogP contribution in [0.15, 0.2) is 12.1 Å². The van der Waals surface area contributed by atoms with Crippen LogP contribution in [0.3, 0.4) is 0 Å². The van der Waals surface area contributed by atoms with Crippen molar-refractivity contribution >= 4 is 17.5 Å². The van der Waals surface area contributed by atoms with E-state index in [2.05, 4.69) is 9.97 Å². The molecule has 0 saturated carbocycles. The second-order valence-electron chi connectivity index (χ2n) is 3.90. The summed E-state index contributed by atoms with van der Waals surface area (Å²) in [5.74, 6) is 1.12. The summed E-state index contributed by atoms with van der Waals surface area (Å²) in [6, 6.07) is 3.74. The number of nitrogens with one attached hydrogen (secondary N) is 1. The lowest BCUT2D eigenvalue weighted by molar-refractivity contribution is 0.416. The lowest BCUT2D eigenvalue weighted by Crippen LogP contribution is -1.92. The minimum atomic E-state index is 0.385. The number of nitrogen functional groups attached to an aromatic ring is 1. The van der Waals surface area contributed by atoms with Gasteiger partial charge in [-0.1, -0.05) is 11.6 Å². The molecule has 1 heterocycles. The number of H-pyrrole nitrogens is 1. The first-order chi connectivity index (χ1) is 8.02. The molecule has 0 saturated heterocycles.